The molecule has 10 heteroatoms. The van der Waals surface area contributed by atoms with Gasteiger partial charge < -0.3 is 14.8 Å². The minimum atomic E-state index is -3.94. The monoisotopic (exact) mass is 474 g/mol. The van der Waals surface area contributed by atoms with E-state index in [0.717, 1.165) is 0 Å². The first kappa shape index (κ1) is 25.6. The molecule has 2 N–H and O–H groups in total. The van der Waals surface area contributed by atoms with Gasteiger partial charge in [-0.15, -0.1) is 0 Å². The van der Waals surface area contributed by atoms with E-state index in [9.17, 15) is 18.0 Å². The van der Waals surface area contributed by atoms with Crippen LogP contribution in [0.4, 0.5) is 0 Å². The highest BCUT2D eigenvalue weighted by Gasteiger charge is 2.37. The van der Waals surface area contributed by atoms with Gasteiger partial charge in [-0.1, -0.05) is 25.4 Å². The number of amides is 1. The standard InChI is InChI=1S/C21H31ClN2O6S/c1-13(2)12-17(24-31(27,28)15-8-6-14(22)7-9-15)18(25)23-16-10-11-29-19(16)30-20(26)21(3,4)5/h6-9,13,16-17,19,24H,10-12H2,1-5H3,(H,23,25)/t16-,17?,19-/m0/s1. The lowest BCUT2D eigenvalue weighted by Gasteiger charge is -2.26. The van der Waals surface area contributed by atoms with Crippen molar-refractivity contribution in [1.82, 2.24) is 10.0 Å². The van der Waals surface area contributed by atoms with Crippen LogP contribution in [0, 0.1) is 11.3 Å². The fourth-order valence-electron chi connectivity index (χ4n) is 2.93. The highest BCUT2D eigenvalue weighted by molar-refractivity contribution is 7.89. The lowest BCUT2D eigenvalue weighted by Crippen LogP contribution is -2.52. The number of halogens is 1. The van der Waals surface area contributed by atoms with Gasteiger partial charge in [0.1, 0.15) is 6.04 Å². The predicted molar refractivity (Wildman–Crippen MR) is 117 cm³/mol. The third-order valence-corrected chi connectivity index (χ3v) is 6.39. The SMILES string of the molecule is CC(C)CC(NS(=O)(=O)c1ccc(Cl)cc1)C(=O)N[C@H]1CCO[C@H]1OC(=O)C(C)(C)C. The second kappa shape index (κ2) is 10.3. The summed E-state index contributed by atoms with van der Waals surface area (Å²) < 4.78 is 38.9. The van der Waals surface area contributed by atoms with Crippen LogP contribution < -0.4 is 10.0 Å². The maximum absolute atomic E-state index is 13.0. The summed E-state index contributed by atoms with van der Waals surface area (Å²) in [6.07, 6.45) is -0.173. The van der Waals surface area contributed by atoms with E-state index in [1.54, 1.807) is 20.8 Å². The molecule has 174 valence electrons. The van der Waals surface area contributed by atoms with E-state index < -0.39 is 45.7 Å². The van der Waals surface area contributed by atoms with Crippen molar-refractivity contribution in [2.45, 2.75) is 70.7 Å². The Morgan fingerprint density at radius 3 is 2.39 bits per heavy atom. The van der Waals surface area contributed by atoms with E-state index in [1.165, 1.54) is 24.3 Å². The van der Waals surface area contributed by atoms with Gasteiger partial charge in [-0.25, -0.2) is 8.42 Å². The Labute approximate surface area is 189 Å². The van der Waals surface area contributed by atoms with Gasteiger partial charge in [-0.2, -0.15) is 4.72 Å². The zero-order valence-corrected chi connectivity index (χ0v) is 20.0. The molecule has 0 aliphatic carbocycles. The highest BCUT2D eigenvalue weighted by Crippen LogP contribution is 2.22. The van der Waals surface area contributed by atoms with Crippen molar-refractivity contribution >= 4 is 33.5 Å². The number of hydrogen-bond donors (Lipinski definition) is 2. The molecule has 1 saturated heterocycles. The zero-order valence-electron chi connectivity index (χ0n) is 18.5. The molecule has 1 heterocycles. The van der Waals surface area contributed by atoms with Crippen LogP contribution in [0.25, 0.3) is 0 Å². The quantitative estimate of drug-likeness (QED) is 0.560. The van der Waals surface area contributed by atoms with Crippen molar-refractivity contribution < 1.29 is 27.5 Å². The Morgan fingerprint density at radius 1 is 1.23 bits per heavy atom. The van der Waals surface area contributed by atoms with Crippen LogP contribution in [-0.4, -0.2) is 45.3 Å². The lowest BCUT2D eigenvalue weighted by atomic mass is 9.97. The fourth-order valence-corrected chi connectivity index (χ4v) is 4.27. The molecular weight excluding hydrogens is 444 g/mol. The molecule has 8 nitrogen and oxygen atoms in total. The van der Waals surface area contributed by atoms with Gasteiger partial charge in [0.15, 0.2) is 0 Å². The molecule has 0 spiro atoms. The molecule has 1 aromatic rings. The molecule has 0 aromatic heterocycles. The zero-order chi connectivity index (χ0) is 23.4. The van der Waals surface area contributed by atoms with Gasteiger partial charge in [0.25, 0.3) is 0 Å². The Morgan fingerprint density at radius 2 is 1.84 bits per heavy atom. The topological polar surface area (TPSA) is 111 Å². The summed E-state index contributed by atoms with van der Waals surface area (Å²) in [6.45, 7) is 9.28. The summed E-state index contributed by atoms with van der Waals surface area (Å²) in [5, 5.41) is 3.19. The first-order chi connectivity index (χ1) is 14.3. The summed E-state index contributed by atoms with van der Waals surface area (Å²) in [6, 6.07) is 4.13. The van der Waals surface area contributed by atoms with E-state index in [2.05, 4.69) is 10.0 Å². The molecule has 3 atom stereocenters. The number of esters is 1. The van der Waals surface area contributed by atoms with Crippen LogP contribution >= 0.6 is 11.6 Å². The molecule has 1 unspecified atom stereocenters. The number of nitrogens with one attached hydrogen (secondary N) is 2. The van der Waals surface area contributed by atoms with E-state index in [4.69, 9.17) is 21.1 Å². The highest BCUT2D eigenvalue weighted by atomic mass is 35.5. The number of carbonyl (C=O) groups is 2. The van der Waals surface area contributed by atoms with Crippen LogP contribution in [0.2, 0.25) is 5.02 Å². The summed E-state index contributed by atoms with van der Waals surface area (Å²) in [5.41, 5.74) is -0.713. The normalized spacial score (nSPS) is 20.5. The number of hydrogen-bond acceptors (Lipinski definition) is 6. The Hall–Kier alpha value is -1.68. The minimum Gasteiger partial charge on any atom is -0.433 e. The maximum Gasteiger partial charge on any atom is 0.313 e. The third kappa shape index (κ3) is 7.45. The summed E-state index contributed by atoms with van der Waals surface area (Å²) in [4.78, 5) is 25.2. The number of benzene rings is 1. The lowest BCUT2D eigenvalue weighted by molar-refractivity contribution is -0.182. The molecule has 1 amide bonds. The molecule has 0 saturated carbocycles. The second-order valence-electron chi connectivity index (χ2n) is 9.06. The first-order valence-corrected chi connectivity index (χ1v) is 12.1. The smallest absolute Gasteiger partial charge is 0.313 e. The third-order valence-electron chi connectivity index (χ3n) is 4.65. The van der Waals surface area contributed by atoms with Crippen molar-refractivity contribution in [2.75, 3.05) is 6.61 Å². The Kier molecular flexibility index (Phi) is 8.49. The summed E-state index contributed by atoms with van der Waals surface area (Å²) in [7, 11) is -3.94. The fraction of sp³-hybridized carbons (Fsp3) is 0.619. The number of sulfonamides is 1. The van der Waals surface area contributed by atoms with Gasteiger partial charge in [0, 0.05) is 5.02 Å². The van der Waals surface area contributed by atoms with Crippen molar-refractivity contribution in [2.24, 2.45) is 11.3 Å². The first-order valence-electron chi connectivity index (χ1n) is 10.2. The second-order valence-corrected chi connectivity index (χ2v) is 11.2. The van der Waals surface area contributed by atoms with Crippen molar-refractivity contribution in [3.8, 4) is 0 Å². The van der Waals surface area contributed by atoms with Crippen LogP contribution in [0.1, 0.15) is 47.5 Å². The van der Waals surface area contributed by atoms with Crippen molar-refractivity contribution in [3.05, 3.63) is 29.3 Å². The van der Waals surface area contributed by atoms with Crippen molar-refractivity contribution in [1.29, 1.82) is 0 Å². The van der Waals surface area contributed by atoms with Gasteiger partial charge >= 0.3 is 5.97 Å². The average molecular weight is 475 g/mol. The number of carbonyl (C=O) groups excluding carboxylic acids is 2. The maximum atomic E-state index is 13.0. The summed E-state index contributed by atoms with van der Waals surface area (Å²) in [5.74, 6) is -0.891. The molecule has 0 bridgehead atoms. The minimum absolute atomic E-state index is 0.0136. The van der Waals surface area contributed by atoms with Crippen LogP contribution in [0.5, 0.6) is 0 Å². The molecular formula is C21H31ClN2O6S. The van der Waals surface area contributed by atoms with Gasteiger partial charge in [-0.05, 0) is 63.8 Å². The van der Waals surface area contributed by atoms with Gasteiger partial charge in [0.2, 0.25) is 22.2 Å². The molecule has 0 radical (unpaired) electrons. The molecule has 1 aliphatic heterocycles. The van der Waals surface area contributed by atoms with E-state index in [1.807, 2.05) is 13.8 Å². The van der Waals surface area contributed by atoms with Crippen LogP contribution in [0.3, 0.4) is 0 Å². The molecule has 1 fully saturated rings. The Bertz CT molecular complexity index is 880. The molecule has 31 heavy (non-hydrogen) atoms. The van der Waals surface area contributed by atoms with Gasteiger partial charge in [0.05, 0.1) is 23.0 Å². The number of ether oxygens (including phenoxy) is 2. The van der Waals surface area contributed by atoms with Crippen LogP contribution in [0.15, 0.2) is 29.2 Å². The van der Waals surface area contributed by atoms with Crippen molar-refractivity contribution in [3.63, 3.8) is 0 Å². The van der Waals surface area contributed by atoms with Crippen LogP contribution in [-0.2, 0) is 29.1 Å². The molecule has 2 rings (SSSR count). The molecule has 1 aromatic carbocycles. The van der Waals surface area contributed by atoms with E-state index in [-0.39, 0.29) is 10.8 Å². The van der Waals surface area contributed by atoms with E-state index in [0.29, 0.717) is 24.5 Å². The molecule has 1 aliphatic rings. The van der Waals surface area contributed by atoms with E-state index >= 15 is 0 Å². The average Bonchev–Trinajstić information content (AvgIpc) is 3.06. The predicted octanol–water partition coefficient (Wildman–Crippen LogP) is 2.85. The largest absolute Gasteiger partial charge is 0.433 e. The Balaban J connectivity index is 2.12. The summed E-state index contributed by atoms with van der Waals surface area (Å²) >= 11 is 5.83. The van der Waals surface area contributed by atoms with Gasteiger partial charge in [-0.3, -0.25) is 9.59 Å². The number of rotatable bonds is 8.